The van der Waals surface area contributed by atoms with Crippen LogP contribution in [0.25, 0.3) is 0 Å². The lowest BCUT2D eigenvalue weighted by atomic mass is 10.2. The molecule has 1 aromatic carbocycles. The molecule has 1 aromatic rings. The van der Waals surface area contributed by atoms with Crippen molar-refractivity contribution in [3.63, 3.8) is 0 Å². The van der Waals surface area contributed by atoms with Crippen molar-refractivity contribution in [2.24, 2.45) is 0 Å². The van der Waals surface area contributed by atoms with Crippen molar-refractivity contribution >= 4 is 22.6 Å². The third-order valence-corrected chi connectivity index (χ3v) is 3.92. The maximum atomic E-state index is 5.74. The van der Waals surface area contributed by atoms with Crippen LogP contribution >= 0.6 is 22.6 Å². The summed E-state index contributed by atoms with van der Waals surface area (Å²) in [6, 6.07) is 8.20. The third kappa shape index (κ3) is 5.28. The Morgan fingerprint density at radius 1 is 1.21 bits per heavy atom. The summed E-state index contributed by atoms with van der Waals surface area (Å²) in [4.78, 5) is 2.47. The molecule has 0 bridgehead atoms. The van der Waals surface area contributed by atoms with Crippen LogP contribution in [0, 0.1) is 3.57 Å². The minimum Gasteiger partial charge on any atom is -0.494 e. The van der Waals surface area contributed by atoms with E-state index in [1.807, 2.05) is 12.1 Å². The van der Waals surface area contributed by atoms with Gasteiger partial charge in [0.05, 0.1) is 18.8 Å². The number of hydrogen-bond donors (Lipinski definition) is 0. The molecule has 0 radical (unpaired) electrons. The zero-order valence-corrected chi connectivity index (χ0v) is 13.8. The van der Waals surface area contributed by atoms with Gasteiger partial charge in [0.15, 0.2) is 0 Å². The van der Waals surface area contributed by atoms with Gasteiger partial charge in [-0.25, -0.2) is 0 Å². The van der Waals surface area contributed by atoms with E-state index in [4.69, 9.17) is 9.47 Å². The summed E-state index contributed by atoms with van der Waals surface area (Å²) >= 11 is 2.30. The summed E-state index contributed by atoms with van der Waals surface area (Å²) in [5.74, 6) is 0.962. The second-order valence-electron chi connectivity index (χ2n) is 5.17. The smallest absolute Gasteiger partial charge is 0.119 e. The van der Waals surface area contributed by atoms with Crippen molar-refractivity contribution in [3.05, 3.63) is 27.8 Å². The minimum atomic E-state index is 0.348. The zero-order valence-electron chi connectivity index (χ0n) is 11.6. The highest BCUT2D eigenvalue weighted by molar-refractivity contribution is 14.1. The molecule has 0 amide bonds. The highest BCUT2D eigenvalue weighted by Crippen LogP contribution is 2.14. The number of hydrogen-bond acceptors (Lipinski definition) is 3. The molecule has 1 aliphatic rings. The predicted octanol–water partition coefficient (Wildman–Crippen LogP) is 3.17. The zero-order chi connectivity index (χ0) is 13.7. The number of ether oxygens (including phenoxy) is 2. The lowest BCUT2D eigenvalue weighted by Gasteiger charge is -2.35. The van der Waals surface area contributed by atoms with Gasteiger partial charge in [0.1, 0.15) is 5.75 Å². The summed E-state index contributed by atoms with van der Waals surface area (Å²) < 4.78 is 12.7. The Labute approximate surface area is 129 Å². The van der Waals surface area contributed by atoms with Gasteiger partial charge in [0.25, 0.3) is 0 Å². The average Bonchev–Trinajstić information content (AvgIpc) is 2.36. The van der Waals surface area contributed by atoms with Gasteiger partial charge in [-0.05, 0) is 67.1 Å². The second kappa shape index (κ2) is 7.45. The summed E-state index contributed by atoms with van der Waals surface area (Å²) in [7, 11) is 0. The summed E-state index contributed by atoms with van der Waals surface area (Å²) in [6.45, 7) is 8.22. The summed E-state index contributed by atoms with van der Waals surface area (Å²) in [6.07, 6.45) is 1.76. The minimum absolute atomic E-state index is 0.348. The number of morpholine rings is 1. The number of benzene rings is 1. The first-order valence-electron chi connectivity index (χ1n) is 6.89. The summed E-state index contributed by atoms with van der Waals surface area (Å²) in [5.41, 5.74) is 0. The van der Waals surface area contributed by atoms with Gasteiger partial charge in [-0.3, -0.25) is 4.90 Å². The molecule has 0 unspecified atom stereocenters. The van der Waals surface area contributed by atoms with Gasteiger partial charge >= 0.3 is 0 Å². The number of halogens is 1. The lowest BCUT2D eigenvalue weighted by Crippen LogP contribution is -2.45. The molecule has 1 saturated heterocycles. The van der Waals surface area contributed by atoms with Gasteiger partial charge in [0.2, 0.25) is 0 Å². The maximum Gasteiger partial charge on any atom is 0.119 e. The second-order valence-corrected chi connectivity index (χ2v) is 6.42. The van der Waals surface area contributed by atoms with Crippen molar-refractivity contribution in [2.45, 2.75) is 32.5 Å². The van der Waals surface area contributed by atoms with Crippen molar-refractivity contribution in [1.29, 1.82) is 0 Å². The lowest BCUT2D eigenvalue weighted by molar-refractivity contribution is -0.0686. The molecule has 0 N–H and O–H groups in total. The third-order valence-electron chi connectivity index (χ3n) is 3.20. The molecule has 0 aromatic heterocycles. The molecule has 0 aliphatic carbocycles. The van der Waals surface area contributed by atoms with Crippen LogP contribution in [0.1, 0.15) is 20.3 Å². The summed E-state index contributed by atoms with van der Waals surface area (Å²) in [5, 5.41) is 0. The fraction of sp³-hybridized carbons (Fsp3) is 0.600. The van der Waals surface area contributed by atoms with E-state index >= 15 is 0 Å². The normalized spacial score (nSPS) is 24.4. The Balaban J connectivity index is 1.65. The van der Waals surface area contributed by atoms with E-state index in [9.17, 15) is 0 Å². The van der Waals surface area contributed by atoms with Crippen LogP contribution in [-0.2, 0) is 4.74 Å². The van der Waals surface area contributed by atoms with Gasteiger partial charge in [-0.1, -0.05) is 0 Å². The molecule has 106 valence electrons. The first kappa shape index (κ1) is 15.1. The van der Waals surface area contributed by atoms with E-state index in [0.717, 1.165) is 38.4 Å². The van der Waals surface area contributed by atoms with Crippen molar-refractivity contribution in [3.8, 4) is 5.75 Å². The van der Waals surface area contributed by atoms with Gasteiger partial charge < -0.3 is 9.47 Å². The highest BCUT2D eigenvalue weighted by Gasteiger charge is 2.21. The Kier molecular flexibility index (Phi) is 5.91. The molecular weight excluding hydrogens is 353 g/mol. The molecule has 2 atom stereocenters. The fourth-order valence-corrected chi connectivity index (χ4v) is 2.84. The Morgan fingerprint density at radius 2 is 1.84 bits per heavy atom. The Bertz CT molecular complexity index is 372. The van der Waals surface area contributed by atoms with Crippen LogP contribution in [0.4, 0.5) is 0 Å². The van der Waals surface area contributed by atoms with E-state index in [0.29, 0.717) is 12.2 Å². The van der Waals surface area contributed by atoms with Crippen molar-refractivity contribution in [2.75, 3.05) is 26.2 Å². The Hall–Kier alpha value is -0.330. The molecule has 1 aliphatic heterocycles. The van der Waals surface area contributed by atoms with Crippen LogP contribution < -0.4 is 4.74 Å². The SMILES string of the molecule is C[C@@H]1CN(CCCOc2ccc(I)cc2)C[C@@H](C)O1. The molecular formula is C15H22INO2. The Morgan fingerprint density at radius 3 is 2.47 bits per heavy atom. The molecule has 4 heteroatoms. The monoisotopic (exact) mass is 375 g/mol. The molecule has 0 saturated carbocycles. The van der Waals surface area contributed by atoms with E-state index < -0.39 is 0 Å². The van der Waals surface area contributed by atoms with E-state index in [1.54, 1.807) is 0 Å². The van der Waals surface area contributed by atoms with Crippen molar-refractivity contribution in [1.82, 2.24) is 4.90 Å². The van der Waals surface area contributed by atoms with Gasteiger partial charge in [-0.15, -0.1) is 0 Å². The molecule has 19 heavy (non-hydrogen) atoms. The highest BCUT2D eigenvalue weighted by atomic mass is 127. The largest absolute Gasteiger partial charge is 0.494 e. The number of rotatable bonds is 5. The van der Waals surface area contributed by atoms with Gasteiger partial charge in [0, 0.05) is 23.2 Å². The first-order chi connectivity index (χ1) is 9.13. The van der Waals surface area contributed by atoms with E-state index in [1.165, 1.54) is 3.57 Å². The standard InChI is InChI=1S/C15H22INO2/c1-12-10-17(11-13(2)19-12)8-3-9-18-15-6-4-14(16)5-7-15/h4-7,12-13H,3,8-11H2,1-2H3/t12-,13-/m1/s1. The maximum absolute atomic E-state index is 5.74. The van der Waals surface area contributed by atoms with E-state index in [-0.39, 0.29) is 0 Å². The topological polar surface area (TPSA) is 21.7 Å². The van der Waals surface area contributed by atoms with Gasteiger partial charge in [-0.2, -0.15) is 0 Å². The average molecular weight is 375 g/mol. The van der Waals surface area contributed by atoms with Crippen LogP contribution in [0.5, 0.6) is 5.75 Å². The van der Waals surface area contributed by atoms with Crippen molar-refractivity contribution < 1.29 is 9.47 Å². The molecule has 1 fully saturated rings. The van der Waals surface area contributed by atoms with E-state index in [2.05, 4.69) is 53.5 Å². The van der Waals surface area contributed by atoms with Crippen LogP contribution in [-0.4, -0.2) is 43.3 Å². The quantitative estimate of drug-likeness (QED) is 0.583. The molecule has 2 rings (SSSR count). The predicted molar refractivity (Wildman–Crippen MR) is 85.7 cm³/mol. The van der Waals surface area contributed by atoms with Crippen LogP contribution in [0.15, 0.2) is 24.3 Å². The number of nitrogens with zero attached hydrogens (tertiary/aromatic N) is 1. The molecule has 1 heterocycles. The first-order valence-corrected chi connectivity index (χ1v) is 7.97. The molecule has 3 nitrogen and oxygen atoms in total. The fourth-order valence-electron chi connectivity index (χ4n) is 2.48. The molecule has 0 spiro atoms. The van der Waals surface area contributed by atoms with Crippen LogP contribution in [0.3, 0.4) is 0 Å². The van der Waals surface area contributed by atoms with Crippen LogP contribution in [0.2, 0.25) is 0 Å².